The maximum Gasteiger partial charge on any atom is 0.275 e. The van der Waals surface area contributed by atoms with Crippen LogP contribution >= 0.6 is 11.3 Å². The molecule has 5 nitrogen and oxygen atoms in total. The van der Waals surface area contributed by atoms with Crippen LogP contribution in [0.25, 0.3) is 0 Å². The molecule has 0 saturated carbocycles. The number of nitrogens with two attached hydrogens (primary N) is 1. The van der Waals surface area contributed by atoms with Crippen molar-refractivity contribution in [1.82, 2.24) is 9.88 Å². The van der Waals surface area contributed by atoms with E-state index in [1.807, 2.05) is 12.1 Å². The SMILES string of the molecule is CN1Cc2cccc(NC(=O)c3csc(N)n3)c2C1. The third-order valence-electron chi connectivity index (χ3n) is 3.14. The third kappa shape index (κ3) is 2.32. The van der Waals surface area contributed by atoms with Crippen molar-refractivity contribution in [3.63, 3.8) is 0 Å². The molecule has 0 bridgehead atoms. The third-order valence-corrected chi connectivity index (χ3v) is 3.82. The van der Waals surface area contributed by atoms with Gasteiger partial charge in [0.25, 0.3) is 5.91 Å². The van der Waals surface area contributed by atoms with E-state index < -0.39 is 0 Å². The molecule has 1 aliphatic heterocycles. The Bertz CT molecular complexity index is 637. The molecule has 2 heterocycles. The standard InChI is InChI=1S/C13H14N4OS/c1-17-5-8-3-2-4-10(9(8)6-17)15-12(18)11-7-19-13(14)16-11/h2-4,7H,5-6H2,1H3,(H2,14,16)(H,15,18). The van der Waals surface area contributed by atoms with E-state index in [-0.39, 0.29) is 5.91 Å². The van der Waals surface area contributed by atoms with Gasteiger partial charge in [0.2, 0.25) is 0 Å². The predicted octanol–water partition coefficient (Wildman–Crippen LogP) is 1.92. The average Bonchev–Trinajstić information content (AvgIpc) is 2.95. The topological polar surface area (TPSA) is 71.2 Å². The number of hydrogen-bond acceptors (Lipinski definition) is 5. The fraction of sp³-hybridized carbons (Fsp3) is 0.231. The summed E-state index contributed by atoms with van der Waals surface area (Å²) in [5, 5.41) is 4.99. The van der Waals surface area contributed by atoms with Gasteiger partial charge in [-0.05, 0) is 24.2 Å². The first kappa shape index (κ1) is 12.1. The van der Waals surface area contributed by atoms with Crippen molar-refractivity contribution in [3.8, 4) is 0 Å². The van der Waals surface area contributed by atoms with Crippen molar-refractivity contribution in [2.45, 2.75) is 13.1 Å². The minimum atomic E-state index is -0.212. The molecule has 0 spiro atoms. The van der Waals surface area contributed by atoms with Crippen molar-refractivity contribution in [1.29, 1.82) is 0 Å². The molecule has 19 heavy (non-hydrogen) atoms. The lowest BCUT2D eigenvalue weighted by atomic mass is 10.1. The van der Waals surface area contributed by atoms with Crippen molar-refractivity contribution in [2.24, 2.45) is 0 Å². The number of nitrogens with one attached hydrogen (secondary N) is 1. The van der Waals surface area contributed by atoms with Gasteiger partial charge in [-0.25, -0.2) is 4.98 Å². The maximum absolute atomic E-state index is 12.1. The molecule has 1 amide bonds. The second kappa shape index (κ2) is 4.64. The monoisotopic (exact) mass is 274 g/mol. The van der Waals surface area contributed by atoms with Crippen LogP contribution in [0.4, 0.5) is 10.8 Å². The number of carbonyl (C=O) groups excluding carboxylic acids is 1. The highest BCUT2D eigenvalue weighted by atomic mass is 32.1. The molecule has 1 aromatic carbocycles. The zero-order valence-corrected chi connectivity index (χ0v) is 11.3. The molecule has 0 aliphatic carbocycles. The van der Waals surface area contributed by atoms with E-state index in [1.165, 1.54) is 22.5 Å². The molecule has 98 valence electrons. The molecular weight excluding hydrogens is 260 g/mol. The Hall–Kier alpha value is -1.92. The quantitative estimate of drug-likeness (QED) is 0.877. The number of thiazole rings is 1. The molecule has 0 atom stereocenters. The first-order valence-electron chi connectivity index (χ1n) is 5.95. The van der Waals surface area contributed by atoms with Crippen LogP contribution in [0.2, 0.25) is 0 Å². The molecule has 6 heteroatoms. The van der Waals surface area contributed by atoms with E-state index in [9.17, 15) is 4.79 Å². The molecule has 0 unspecified atom stereocenters. The van der Waals surface area contributed by atoms with Gasteiger partial charge in [-0.2, -0.15) is 0 Å². The van der Waals surface area contributed by atoms with Crippen LogP contribution in [0.15, 0.2) is 23.6 Å². The van der Waals surface area contributed by atoms with E-state index in [2.05, 4.69) is 28.3 Å². The van der Waals surface area contributed by atoms with Crippen LogP contribution in [-0.4, -0.2) is 22.8 Å². The number of fused-ring (bicyclic) bond motifs is 1. The van der Waals surface area contributed by atoms with E-state index >= 15 is 0 Å². The van der Waals surface area contributed by atoms with E-state index in [1.54, 1.807) is 5.38 Å². The predicted molar refractivity (Wildman–Crippen MR) is 76.1 cm³/mol. The summed E-state index contributed by atoms with van der Waals surface area (Å²) in [6.45, 7) is 1.77. The Morgan fingerprint density at radius 1 is 1.47 bits per heavy atom. The first-order chi connectivity index (χ1) is 9.13. The van der Waals surface area contributed by atoms with Crippen molar-refractivity contribution in [2.75, 3.05) is 18.1 Å². The van der Waals surface area contributed by atoms with Crippen LogP contribution in [0.1, 0.15) is 21.6 Å². The van der Waals surface area contributed by atoms with Gasteiger partial charge in [-0.3, -0.25) is 9.69 Å². The number of rotatable bonds is 2. The number of nitrogen functional groups attached to an aromatic ring is 1. The highest BCUT2D eigenvalue weighted by Gasteiger charge is 2.20. The molecular formula is C13H14N4OS. The van der Waals surface area contributed by atoms with Gasteiger partial charge in [-0.1, -0.05) is 12.1 Å². The lowest BCUT2D eigenvalue weighted by molar-refractivity contribution is 0.102. The number of aromatic nitrogens is 1. The van der Waals surface area contributed by atoms with Gasteiger partial charge < -0.3 is 11.1 Å². The zero-order valence-electron chi connectivity index (χ0n) is 10.5. The van der Waals surface area contributed by atoms with Crippen LogP contribution < -0.4 is 11.1 Å². The number of carbonyl (C=O) groups is 1. The van der Waals surface area contributed by atoms with Crippen LogP contribution in [0, 0.1) is 0 Å². The molecule has 0 saturated heterocycles. The summed E-state index contributed by atoms with van der Waals surface area (Å²) in [5.74, 6) is -0.212. The highest BCUT2D eigenvalue weighted by molar-refractivity contribution is 7.13. The van der Waals surface area contributed by atoms with Gasteiger partial charge in [0, 0.05) is 24.2 Å². The Morgan fingerprint density at radius 3 is 3.05 bits per heavy atom. The van der Waals surface area contributed by atoms with E-state index in [0.717, 1.165) is 18.8 Å². The van der Waals surface area contributed by atoms with Crippen LogP contribution in [-0.2, 0) is 13.1 Å². The maximum atomic E-state index is 12.1. The van der Waals surface area contributed by atoms with Gasteiger partial charge in [0.05, 0.1) is 0 Å². The lowest BCUT2D eigenvalue weighted by Crippen LogP contribution is -2.14. The summed E-state index contributed by atoms with van der Waals surface area (Å²) < 4.78 is 0. The number of amides is 1. The Labute approximate surface area is 115 Å². The number of benzene rings is 1. The van der Waals surface area contributed by atoms with Crippen LogP contribution in [0.3, 0.4) is 0 Å². The van der Waals surface area contributed by atoms with E-state index in [4.69, 9.17) is 5.73 Å². The number of nitrogens with zero attached hydrogens (tertiary/aromatic N) is 2. The summed E-state index contributed by atoms with van der Waals surface area (Å²) in [6, 6.07) is 5.98. The van der Waals surface area contributed by atoms with Crippen LogP contribution in [0.5, 0.6) is 0 Å². The minimum Gasteiger partial charge on any atom is -0.375 e. The summed E-state index contributed by atoms with van der Waals surface area (Å²) in [5.41, 5.74) is 9.21. The minimum absolute atomic E-state index is 0.212. The average molecular weight is 274 g/mol. The number of anilines is 2. The van der Waals surface area contributed by atoms with Crippen molar-refractivity contribution >= 4 is 28.1 Å². The molecule has 1 aromatic heterocycles. The van der Waals surface area contributed by atoms with Gasteiger partial charge in [0.15, 0.2) is 5.13 Å². The fourth-order valence-electron chi connectivity index (χ4n) is 2.28. The molecule has 0 radical (unpaired) electrons. The normalized spacial score (nSPS) is 14.4. The first-order valence-corrected chi connectivity index (χ1v) is 6.83. The summed E-state index contributed by atoms with van der Waals surface area (Å²) in [6.07, 6.45) is 0. The largest absolute Gasteiger partial charge is 0.375 e. The molecule has 1 aliphatic rings. The van der Waals surface area contributed by atoms with Crippen molar-refractivity contribution in [3.05, 3.63) is 40.4 Å². The molecule has 2 aromatic rings. The second-order valence-corrected chi connectivity index (χ2v) is 5.53. The van der Waals surface area contributed by atoms with Gasteiger partial charge in [-0.15, -0.1) is 11.3 Å². The molecule has 3 rings (SSSR count). The molecule has 0 fully saturated rings. The van der Waals surface area contributed by atoms with Crippen molar-refractivity contribution < 1.29 is 4.79 Å². The number of hydrogen-bond donors (Lipinski definition) is 2. The summed E-state index contributed by atoms with van der Waals surface area (Å²) in [7, 11) is 2.06. The Balaban J connectivity index is 1.85. The zero-order chi connectivity index (χ0) is 13.4. The summed E-state index contributed by atoms with van der Waals surface area (Å²) in [4.78, 5) is 18.3. The fourth-order valence-corrected chi connectivity index (χ4v) is 2.82. The van der Waals surface area contributed by atoms with Gasteiger partial charge in [0.1, 0.15) is 5.69 Å². The summed E-state index contributed by atoms with van der Waals surface area (Å²) >= 11 is 1.27. The Kier molecular flexibility index (Phi) is 2.96. The van der Waals surface area contributed by atoms with Gasteiger partial charge >= 0.3 is 0 Å². The molecule has 3 N–H and O–H groups in total. The van der Waals surface area contributed by atoms with E-state index in [0.29, 0.717) is 10.8 Å². The highest BCUT2D eigenvalue weighted by Crippen LogP contribution is 2.28. The smallest absolute Gasteiger partial charge is 0.275 e. The second-order valence-electron chi connectivity index (χ2n) is 4.64. The lowest BCUT2D eigenvalue weighted by Gasteiger charge is -2.09. The Morgan fingerprint density at radius 2 is 2.32 bits per heavy atom.